The molecule has 1 aliphatic heterocycles. The average Bonchev–Trinajstić information content (AvgIpc) is 2.79. The van der Waals surface area contributed by atoms with Gasteiger partial charge in [-0.25, -0.2) is 0 Å². The minimum absolute atomic E-state index is 0.0377. The molecule has 5 heteroatoms. The van der Waals surface area contributed by atoms with Crippen LogP contribution >= 0.6 is 0 Å². The molecule has 1 heterocycles. The summed E-state index contributed by atoms with van der Waals surface area (Å²) in [4.78, 5) is 13.0. The topological polar surface area (TPSA) is 92.8 Å². The molecule has 2 aliphatic carbocycles. The van der Waals surface area contributed by atoms with Gasteiger partial charge in [0, 0.05) is 17.0 Å². The summed E-state index contributed by atoms with van der Waals surface area (Å²) < 4.78 is 5.79. The van der Waals surface area contributed by atoms with Crippen LogP contribution in [0.5, 0.6) is 11.5 Å². The van der Waals surface area contributed by atoms with Crippen molar-refractivity contribution in [2.75, 3.05) is 0 Å². The number of phenolic OH excluding ortho intramolecular Hbond substituents is 2. The summed E-state index contributed by atoms with van der Waals surface area (Å²) in [7, 11) is 0. The Morgan fingerprint density at radius 1 is 1.24 bits per heavy atom. The number of benzene rings is 1. The van der Waals surface area contributed by atoms with E-state index in [4.69, 9.17) is 10.5 Å². The SMILES string of the molecule is CC(C)c1cc2c(c(O)c1O)C13CCCC(C)(C)[C@H]1C(OC3=O)C2N. The predicted octanol–water partition coefficient (Wildman–Crippen LogP) is 3.22. The molecule has 1 aromatic rings. The molecule has 2 fully saturated rings. The van der Waals surface area contributed by atoms with Gasteiger partial charge in [0.2, 0.25) is 0 Å². The number of rotatable bonds is 1. The third-order valence-electron chi connectivity index (χ3n) is 6.82. The van der Waals surface area contributed by atoms with Crippen molar-refractivity contribution in [2.45, 2.75) is 70.4 Å². The molecule has 1 aromatic carbocycles. The van der Waals surface area contributed by atoms with Crippen LogP contribution in [0, 0.1) is 11.3 Å². The third-order valence-corrected chi connectivity index (χ3v) is 6.82. The summed E-state index contributed by atoms with van der Waals surface area (Å²) in [5, 5.41) is 21.5. The first-order valence-corrected chi connectivity index (χ1v) is 9.19. The van der Waals surface area contributed by atoms with Gasteiger partial charge in [0.1, 0.15) is 11.5 Å². The summed E-state index contributed by atoms with van der Waals surface area (Å²) >= 11 is 0. The lowest BCUT2D eigenvalue weighted by atomic mass is 9.49. The standard InChI is InChI=1S/C20H27NO4/c1-9(2)10-8-11-12(15(23)14(10)22)20-7-5-6-19(3,4)17(20)16(13(11)21)25-18(20)24/h8-9,13,16-17,22-23H,5-7,21H2,1-4H3/t13?,16?,17-,20?/m1/s1. The van der Waals surface area contributed by atoms with Gasteiger partial charge in [-0.2, -0.15) is 0 Å². The first-order chi connectivity index (χ1) is 11.6. The van der Waals surface area contributed by atoms with Crippen molar-refractivity contribution in [3.05, 3.63) is 22.8 Å². The molecule has 1 saturated carbocycles. The maximum atomic E-state index is 13.0. The number of fused-ring (bicyclic) bond motifs is 1. The fourth-order valence-corrected chi connectivity index (χ4v) is 5.76. The maximum Gasteiger partial charge on any atom is 0.317 e. The predicted molar refractivity (Wildman–Crippen MR) is 93.5 cm³/mol. The van der Waals surface area contributed by atoms with Crippen molar-refractivity contribution < 1.29 is 19.7 Å². The van der Waals surface area contributed by atoms with Gasteiger partial charge in [-0.3, -0.25) is 4.79 Å². The minimum atomic E-state index is -0.894. The zero-order chi connectivity index (χ0) is 18.3. The van der Waals surface area contributed by atoms with Crippen molar-refractivity contribution >= 4 is 5.97 Å². The van der Waals surface area contributed by atoms with Crippen LogP contribution in [0.25, 0.3) is 0 Å². The van der Waals surface area contributed by atoms with Crippen LogP contribution in [0.1, 0.15) is 75.6 Å². The molecule has 0 spiro atoms. The monoisotopic (exact) mass is 345 g/mol. The quantitative estimate of drug-likeness (QED) is 0.537. The molecule has 5 nitrogen and oxygen atoms in total. The van der Waals surface area contributed by atoms with Gasteiger partial charge < -0.3 is 20.7 Å². The number of aromatic hydroxyl groups is 2. The molecule has 3 unspecified atom stereocenters. The number of carbonyl (C=O) groups excluding carboxylic acids is 1. The number of carbonyl (C=O) groups is 1. The number of phenols is 2. The van der Waals surface area contributed by atoms with E-state index in [0.29, 0.717) is 17.5 Å². The molecule has 4 N–H and O–H groups in total. The maximum absolute atomic E-state index is 13.0. The largest absolute Gasteiger partial charge is 0.504 e. The first-order valence-electron chi connectivity index (χ1n) is 9.19. The lowest BCUT2D eigenvalue weighted by molar-refractivity contribution is -0.146. The molecule has 1 saturated heterocycles. The van der Waals surface area contributed by atoms with Gasteiger partial charge in [-0.15, -0.1) is 0 Å². The van der Waals surface area contributed by atoms with Gasteiger partial charge in [0.15, 0.2) is 11.5 Å². The van der Waals surface area contributed by atoms with Crippen LogP contribution in [0.3, 0.4) is 0 Å². The van der Waals surface area contributed by atoms with Gasteiger partial charge in [0.05, 0.1) is 6.04 Å². The van der Waals surface area contributed by atoms with Crippen LogP contribution in [-0.4, -0.2) is 22.3 Å². The average molecular weight is 345 g/mol. The van der Waals surface area contributed by atoms with E-state index in [0.717, 1.165) is 18.4 Å². The zero-order valence-electron chi connectivity index (χ0n) is 15.3. The number of ether oxygens (including phenoxy) is 1. The highest BCUT2D eigenvalue weighted by molar-refractivity contribution is 5.90. The fraction of sp³-hybridized carbons (Fsp3) is 0.650. The number of hydrogen-bond acceptors (Lipinski definition) is 5. The van der Waals surface area contributed by atoms with E-state index < -0.39 is 11.5 Å². The Balaban J connectivity index is 2.06. The highest BCUT2D eigenvalue weighted by Gasteiger charge is 2.69. The Morgan fingerprint density at radius 2 is 1.92 bits per heavy atom. The lowest BCUT2D eigenvalue weighted by Crippen LogP contribution is -2.55. The van der Waals surface area contributed by atoms with E-state index in [2.05, 4.69) is 13.8 Å². The molecule has 25 heavy (non-hydrogen) atoms. The second kappa shape index (κ2) is 4.91. The first kappa shape index (κ1) is 16.7. The van der Waals surface area contributed by atoms with E-state index in [1.165, 1.54) is 0 Å². The Kier molecular flexibility index (Phi) is 3.28. The van der Waals surface area contributed by atoms with E-state index in [1.54, 1.807) is 0 Å². The molecular formula is C20H27NO4. The van der Waals surface area contributed by atoms with Gasteiger partial charge in [-0.05, 0) is 35.8 Å². The van der Waals surface area contributed by atoms with Gasteiger partial charge in [-0.1, -0.05) is 34.1 Å². The number of nitrogens with two attached hydrogens (primary N) is 1. The zero-order valence-corrected chi connectivity index (χ0v) is 15.3. The van der Waals surface area contributed by atoms with Crippen LogP contribution in [0.2, 0.25) is 0 Å². The Morgan fingerprint density at radius 3 is 2.56 bits per heavy atom. The lowest BCUT2D eigenvalue weighted by Gasteiger charge is -2.51. The van der Waals surface area contributed by atoms with Crippen molar-refractivity contribution in [1.82, 2.24) is 0 Å². The fourth-order valence-electron chi connectivity index (χ4n) is 5.76. The van der Waals surface area contributed by atoms with E-state index in [9.17, 15) is 15.0 Å². The molecule has 4 atom stereocenters. The summed E-state index contributed by atoms with van der Waals surface area (Å²) in [6.07, 6.45) is 2.13. The van der Waals surface area contributed by atoms with E-state index in [-0.39, 0.29) is 40.8 Å². The Labute approximate surface area is 148 Å². The van der Waals surface area contributed by atoms with Crippen LogP contribution < -0.4 is 5.73 Å². The Bertz CT molecular complexity index is 769. The van der Waals surface area contributed by atoms with Crippen molar-refractivity contribution in [3.8, 4) is 11.5 Å². The smallest absolute Gasteiger partial charge is 0.317 e. The Hall–Kier alpha value is -1.75. The van der Waals surface area contributed by atoms with E-state index >= 15 is 0 Å². The molecule has 3 aliphatic rings. The minimum Gasteiger partial charge on any atom is -0.504 e. The highest BCUT2D eigenvalue weighted by Crippen LogP contribution is 2.66. The van der Waals surface area contributed by atoms with Gasteiger partial charge in [0.25, 0.3) is 0 Å². The van der Waals surface area contributed by atoms with Crippen molar-refractivity contribution in [2.24, 2.45) is 17.1 Å². The molecule has 2 bridgehead atoms. The highest BCUT2D eigenvalue weighted by atomic mass is 16.6. The molecule has 0 radical (unpaired) electrons. The summed E-state index contributed by atoms with van der Waals surface area (Å²) in [6.45, 7) is 8.21. The molecule has 0 aromatic heterocycles. The third kappa shape index (κ3) is 1.85. The summed E-state index contributed by atoms with van der Waals surface area (Å²) in [5.74, 6) is -0.654. The second-order valence-electron chi connectivity index (χ2n) is 8.97. The second-order valence-corrected chi connectivity index (χ2v) is 8.97. The van der Waals surface area contributed by atoms with Crippen molar-refractivity contribution in [3.63, 3.8) is 0 Å². The van der Waals surface area contributed by atoms with Crippen LogP contribution in [0.4, 0.5) is 0 Å². The molecular weight excluding hydrogens is 318 g/mol. The van der Waals surface area contributed by atoms with Gasteiger partial charge >= 0.3 is 5.97 Å². The number of hydrogen-bond donors (Lipinski definition) is 3. The summed E-state index contributed by atoms with van der Waals surface area (Å²) in [5.41, 5.74) is 7.44. The summed E-state index contributed by atoms with van der Waals surface area (Å²) in [6, 6.07) is 1.38. The number of esters is 1. The molecule has 136 valence electrons. The van der Waals surface area contributed by atoms with Crippen molar-refractivity contribution in [1.29, 1.82) is 0 Å². The molecule has 0 amide bonds. The van der Waals surface area contributed by atoms with E-state index in [1.807, 2.05) is 19.9 Å². The van der Waals surface area contributed by atoms with Crippen LogP contribution in [-0.2, 0) is 14.9 Å². The van der Waals surface area contributed by atoms with Crippen LogP contribution in [0.15, 0.2) is 6.07 Å². The molecule has 4 rings (SSSR count). The normalized spacial score (nSPS) is 35.3.